The number of nitrogens with zero attached hydrogens (tertiary/aromatic N) is 1. The van der Waals surface area contributed by atoms with E-state index >= 15 is 0 Å². The molecule has 1 atom stereocenters. The summed E-state index contributed by atoms with van der Waals surface area (Å²) in [6, 6.07) is 5.25. The van der Waals surface area contributed by atoms with E-state index in [2.05, 4.69) is 10.3 Å². The highest BCUT2D eigenvalue weighted by molar-refractivity contribution is 8.15. The number of hydrogen-bond acceptors (Lipinski definition) is 4. The third-order valence-electron chi connectivity index (χ3n) is 2.68. The Hall–Kier alpha value is -1.53. The van der Waals surface area contributed by atoms with Crippen LogP contribution in [0.1, 0.15) is 12.0 Å². The molecule has 0 spiro atoms. The number of rotatable bonds is 2. The molecule has 0 aromatic heterocycles. The van der Waals surface area contributed by atoms with Gasteiger partial charge in [0.05, 0.1) is 6.42 Å². The van der Waals surface area contributed by atoms with Crippen molar-refractivity contribution in [1.29, 1.82) is 0 Å². The monoisotopic (exact) mass is 297 g/mol. The van der Waals surface area contributed by atoms with Gasteiger partial charge in [0.1, 0.15) is 5.25 Å². The summed E-state index contributed by atoms with van der Waals surface area (Å²) in [7, 11) is 0. The summed E-state index contributed by atoms with van der Waals surface area (Å²) >= 11 is 7.07. The van der Waals surface area contributed by atoms with Crippen molar-refractivity contribution in [3.05, 3.63) is 28.8 Å². The molecule has 19 heavy (non-hydrogen) atoms. The molecule has 0 fully saturated rings. The van der Waals surface area contributed by atoms with Gasteiger partial charge in [0.25, 0.3) is 0 Å². The zero-order valence-electron chi connectivity index (χ0n) is 10.1. The lowest BCUT2D eigenvalue weighted by atomic mass is 10.2. The maximum atomic E-state index is 12.1. The third-order valence-corrected chi connectivity index (χ3v) is 4.08. The molecule has 7 heteroatoms. The molecule has 100 valence electrons. The number of carbonyl (C=O) groups excluding carboxylic acids is 2. The van der Waals surface area contributed by atoms with Gasteiger partial charge in [-0.2, -0.15) is 4.99 Å². The predicted octanol–water partition coefficient (Wildman–Crippen LogP) is 1.93. The highest BCUT2D eigenvalue weighted by Gasteiger charge is 2.28. The minimum absolute atomic E-state index is 0.0524. The van der Waals surface area contributed by atoms with Gasteiger partial charge in [0.2, 0.25) is 11.8 Å². The number of amides is 2. The van der Waals surface area contributed by atoms with Gasteiger partial charge < -0.3 is 11.1 Å². The number of aliphatic imine (C=N–C) groups is 1. The average molecular weight is 298 g/mol. The van der Waals surface area contributed by atoms with Gasteiger partial charge in [-0.3, -0.25) is 9.59 Å². The zero-order chi connectivity index (χ0) is 14.0. The number of benzene rings is 1. The quantitative estimate of drug-likeness (QED) is 0.873. The Bertz CT molecular complexity index is 574. The van der Waals surface area contributed by atoms with Crippen molar-refractivity contribution in [2.45, 2.75) is 18.6 Å². The maximum Gasteiger partial charge on any atom is 0.249 e. The van der Waals surface area contributed by atoms with Crippen LogP contribution < -0.4 is 11.1 Å². The van der Waals surface area contributed by atoms with E-state index in [0.29, 0.717) is 10.7 Å². The Morgan fingerprint density at radius 2 is 2.32 bits per heavy atom. The SMILES string of the molecule is Cc1c(Cl)cccc1NC(=O)[C@H]1CC(=O)N=C(N)S1. The van der Waals surface area contributed by atoms with Gasteiger partial charge in [0, 0.05) is 10.7 Å². The number of halogens is 1. The van der Waals surface area contributed by atoms with Gasteiger partial charge in [0.15, 0.2) is 5.17 Å². The highest BCUT2D eigenvalue weighted by atomic mass is 35.5. The van der Waals surface area contributed by atoms with Crippen molar-refractivity contribution in [3.8, 4) is 0 Å². The smallest absolute Gasteiger partial charge is 0.249 e. The molecule has 0 radical (unpaired) electrons. The number of hydrogen-bond donors (Lipinski definition) is 2. The lowest BCUT2D eigenvalue weighted by Gasteiger charge is -2.18. The first kappa shape index (κ1) is 13.9. The molecule has 1 aliphatic rings. The molecular formula is C12H12ClN3O2S. The van der Waals surface area contributed by atoms with E-state index in [1.165, 1.54) is 0 Å². The number of amidine groups is 1. The minimum atomic E-state index is -0.552. The molecule has 0 aliphatic carbocycles. The highest BCUT2D eigenvalue weighted by Crippen LogP contribution is 2.26. The van der Waals surface area contributed by atoms with Gasteiger partial charge in [-0.25, -0.2) is 0 Å². The zero-order valence-corrected chi connectivity index (χ0v) is 11.7. The first-order valence-electron chi connectivity index (χ1n) is 5.57. The predicted molar refractivity (Wildman–Crippen MR) is 77.4 cm³/mol. The van der Waals surface area contributed by atoms with Crippen molar-refractivity contribution in [1.82, 2.24) is 0 Å². The summed E-state index contributed by atoms with van der Waals surface area (Å²) in [6.07, 6.45) is 0.0524. The Kier molecular flexibility index (Phi) is 4.11. The van der Waals surface area contributed by atoms with E-state index < -0.39 is 5.25 Å². The van der Waals surface area contributed by atoms with Crippen LogP contribution in [0.5, 0.6) is 0 Å². The van der Waals surface area contributed by atoms with E-state index in [1.807, 2.05) is 6.92 Å². The molecule has 1 heterocycles. The lowest BCUT2D eigenvalue weighted by molar-refractivity contribution is -0.121. The van der Waals surface area contributed by atoms with Crippen LogP contribution in [-0.2, 0) is 9.59 Å². The molecule has 2 amide bonds. The molecule has 3 N–H and O–H groups in total. The number of thioether (sulfide) groups is 1. The number of anilines is 1. The summed E-state index contributed by atoms with van der Waals surface area (Å²) in [5.74, 6) is -0.652. The molecule has 0 saturated carbocycles. The average Bonchev–Trinajstić information content (AvgIpc) is 2.33. The van der Waals surface area contributed by atoms with Gasteiger partial charge in [-0.05, 0) is 24.6 Å². The Morgan fingerprint density at radius 1 is 1.58 bits per heavy atom. The van der Waals surface area contributed by atoms with Crippen LogP contribution in [0.15, 0.2) is 23.2 Å². The van der Waals surface area contributed by atoms with E-state index in [4.69, 9.17) is 17.3 Å². The van der Waals surface area contributed by atoms with Crippen molar-refractivity contribution < 1.29 is 9.59 Å². The molecule has 5 nitrogen and oxygen atoms in total. The van der Waals surface area contributed by atoms with Gasteiger partial charge in [-0.1, -0.05) is 29.4 Å². The molecule has 0 bridgehead atoms. The molecule has 1 aliphatic heterocycles. The van der Waals surface area contributed by atoms with E-state index in [0.717, 1.165) is 17.3 Å². The molecule has 0 saturated heterocycles. The Labute approximate surface area is 119 Å². The standard InChI is InChI=1S/C12H12ClN3O2S/c1-6-7(13)3-2-4-8(6)15-11(18)9-5-10(17)16-12(14)19-9/h2-4,9H,5H2,1H3,(H,15,18)(H2,14,16,17)/t9-/m1/s1. The van der Waals surface area contributed by atoms with Crippen LogP contribution in [0, 0.1) is 6.92 Å². The first-order valence-corrected chi connectivity index (χ1v) is 6.83. The fraction of sp³-hybridized carbons (Fsp3) is 0.250. The van der Waals surface area contributed by atoms with Crippen LogP contribution >= 0.6 is 23.4 Å². The van der Waals surface area contributed by atoms with E-state index in [-0.39, 0.29) is 23.4 Å². The molecular weight excluding hydrogens is 286 g/mol. The van der Waals surface area contributed by atoms with Crippen molar-refractivity contribution in [2.75, 3.05) is 5.32 Å². The van der Waals surface area contributed by atoms with E-state index in [1.54, 1.807) is 18.2 Å². The largest absolute Gasteiger partial charge is 0.378 e. The van der Waals surface area contributed by atoms with Crippen molar-refractivity contribution in [2.24, 2.45) is 10.7 Å². The normalized spacial score (nSPS) is 18.9. The Balaban J connectivity index is 2.12. The topological polar surface area (TPSA) is 84.5 Å². The maximum absolute atomic E-state index is 12.1. The van der Waals surface area contributed by atoms with Gasteiger partial charge >= 0.3 is 0 Å². The van der Waals surface area contributed by atoms with Crippen LogP contribution in [0.25, 0.3) is 0 Å². The van der Waals surface area contributed by atoms with Crippen LogP contribution in [0.2, 0.25) is 5.02 Å². The molecule has 1 aromatic rings. The molecule has 0 unspecified atom stereocenters. The second-order valence-corrected chi connectivity index (χ2v) is 5.69. The summed E-state index contributed by atoms with van der Waals surface area (Å²) < 4.78 is 0. The third kappa shape index (κ3) is 3.27. The fourth-order valence-corrected chi connectivity index (χ4v) is 2.66. The number of nitrogens with two attached hydrogens (primary N) is 1. The van der Waals surface area contributed by atoms with Gasteiger partial charge in [-0.15, -0.1) is 0 Å². The first-order chi connectivity index (χ1) is 8.97. The van der Waals surface area contributed by atoms with Crippen molar-refractivity contribution >= 4 is 46.0 Å². The van der Waals surface area contributed by atoms with Crippen LogP contribution in [0.4, 0.5) is 5.69 Å². The summed E-state index contributed by atoms with van der Waals surface area (Å²) in [6.45, 7) is 1.81. The summed E-state index contributed by atoms with van der Waals surface area (Å²) in [4.78, 5) is 26.9. The molecule has 1 aromatic carbocycles. The fourth-order valence-electron chi connectivity index (χ4n) is 1.64. The van der Waals surface area contributed by atoms with Crippen LogP contribution in [0.3, 0.4) is 0 Å². The number of nitrogens with one attached hydrogen (secondary N) is 1. The van der Waals surface area contributed by atoms with Crippen molar-refractivity contribution in [3.63, 3.8) is 0 Å². The Morgan fingerprint density at radius 3 is 3.00 bits per heavy atom. The lowest BCUT2D eigenvalue weighted by Crippen LogP contribution is -2.33. The second kappa shape index (κ2) is 5.63. The second-order valence-electron chi connectivity index (χ2n) is 4.06. The molecule has 2 rings (SSSR count). The summed E-state index contributed by atoms with van der Waals surface area (Å²) in [5.41, 5.74) is 6.91. The van der Waals surface area contributed by atoms with Crippen LogP contribution in [-0.4, -0.2) is 22.2 Å². The van der Waals surface area contributed by atoms with E-state index in [9.17, 15) is 9.59 Å². The minimum Gasteiger partial charge on any atom is -0.378 e. The summed E-state index contributed by atoms with van der Waals surface area (Å²) in [5, 5.41) is 2.90. The number of carbonyl (C=O) groups is 2.